The fourth-order valence-corrected chi connectivity index (χ4v) is 4.19. The Morgan fingerprint density at radius 1 is 1.28 bits per heavy atom. The molecule has 0 unspecified atom stereocenters. The summed E-state index contributed by atoms with van der Waals surface area (Å²) in [5.74, 6) is -0.139. The number of aryl methyl sites for hydroxylation is 1. The zero-order chi connectivity index (χ0) is 18.0. The predicted octanol–water partition coefficient (Wildman–Crippen LogP) is 0.595. The zero-order valence-corrected chi connectivity index (χ0v) is 15.2. The first-order valence-electron chi connectivity index (χ1n) is 8.92. The Bertz CT molecular complexity index is 638. The number of hydrogen-bond donors (Lipinski definition) is 1. The third-order valence-electron chi connectivity index (χ3n) is 5.39. The molecule has 1 aromatic heterocycles. The highest BCUT2D eigenvalue weighted by atomic mass is 16.5. The second-order valence-corrected chi connectivity index (χ2v) is 7.23. The molecule has 2 atom stereocenters. The van der Waals surface area contributed by atoms with Crippen LogP contribution in [0.25, 0.3) is 0 Å². The standard InChI is InChI=1S/C17H27N5O3/c1-12(23)18-17(7-5-4-6-8-17)16(24)22-9-13(15(11-22)25-3)14-10-21(2)20-19-14/h10,13,15H,4-9,11H2,1-3H3,(H,18,23)/t13-,15+/m0/s1. The Labute approximate surface area is 147 Å². The number of nitrogens with zero attached hydrogens (tertiary/aromatic N) is 4. The molecule has 2 heterocycles. The van der Waals surface area contributed by atoms with Gasteiger partial charge in [0.25, 0.3) is 0 Å². The van der Waals surface area contributed by atoms with Crippen molar-refractivity contribution in [1.29, 1.82) is 0 Å². The molecule has 2 aliphatic rings. The summed E-state index contributed by atoms with van der Waals surface area (Å²) in [5, 5.41) is 11.1. The molecule has 138 valence electrons. The third kappa shape index (κ3) is 3.53. The Morgan fingerprint density at radius 2 is 2.00 bits per heavy atom. The lowest BCUT2D eigenvalue weighted by molar-refractivity contribution is -0.142. The monoisotopic (exact) mass is 349 g/mol. The summed E-state index contributed by atoms with van der Waals surface area (Å²) in [6.07, 6.45) is 6.19. The summed E-state index contributed by atoms with van der Waals surface area (Å²) in [6, 6.07) is 0. The molecular weight excluding hydrogens is 322 g/mol. The van der Waals surface area contributed by atoms with Gasteiger partial charge in [-0.3, -0.25) is 14.3 Å². The Kier molecular flexibility index (Phi) is 5.08. The van der Waals surface area contributed by atoms with Gasteiger partial charge in [0.05, 0.1) is 17.7 Å². The van der Waals surface area contributed by atoms with E-state index < -0.39 is 5.54 Å². The normalized spacial score (nSPS) is 25.8. The maximum Gasteiger partial charge on any atom is 0.248 e. The Morgan fingerprint density at radius 3 is 2.56 bits per heavy atom. The summed E-state index contributed by atoms with van der Waals surface area (Å²) in [6.45, 7) is 2.53. The number of rotatable bonds is 4. The van der Waals surface area contributed by atoms with Crippen LogP contribution in [0.4, 0.5) is 0 Å². The highest BCUT2D eigenvalue weighted by Crippen LogP contribution is 2.34. The number of hydrogen-bond acceptors (Lipinski definition) is 5. The van der Waals surface area contributed by atoms with Crippen molar-refractivity contribution in [3.05, 3.63) is 11.9 Å². The molecule has 0 spiro atoms. The van der Waals surface area contributed by atoms with Gasteiger partial charge in [-0.15, -0.1) is 5.10 Å². The molecule has 0 bridgehead atoms. The van der Waals surface area contributed by atoms with E-state index in [1.165, 1.54) is 6.92 Å². The molecule has 1 saturated carbocycles. The fourth-order valence-electron chi connectivity index (χ4n) is 4.19. The average molecular weight is 349 g/mol. The van der Waals surface area contributed by atoms with Gasteiger partial charge >= 0.3 is 0 Å². The maximum absolute atomic E-state index is 13.3. The topological polar surface area (TPSA) is 89.4 Å². The molecule has 0 aromatic carbocycles. The first kappa shape index (κ1) is 17.8. The van der Waals surface area contributed by atoms with E-state index in [9.17, 15) is 9.59 Å². The summed E-state index contributed by atoms with van der Waals surface area (Å²) in [7, 11) is 3.48. The van der Waals surface area contributed by atoms with Crippen molar-refractivity contribution in [3.63, 3.8) is 0 Å². The van der Waals surface area contributed by atoms with Crippen LogP contribution in [0.3, 0.4) is 0 Å². The van der Waals surface area contributed by atoms with Crippen LogP contribution in [0.1, 0.15) is 50.6 Å². The minimum atomic E-state index is -0.764. The fraction of sp³-hybridized carbons (Fsp3) is 0.765. The molecule has 1 saturated heterocycles. The molecule has 3 rings (SSSR count). The largest absolute Gasteiger partial charge is 0.379 e. The van der Waals surface area contributed by atoms with Crippen molar-refractivity contribution in [2.45, 2.75) is 56.6 Å². The van der Waals surface area contributed by atoms with Gasteiger partial charge in [0, 0.05) is 40.4 Å². The number of carbonyl (C=O) groups is 2. The number of likely N-dealkylation sites (tertiary alicyclic amines) is 1. The summed E-state index contributed by atoms with van der Waals surface area (Å²) in [4.78, 5) is 26.9. The van der Waals surface area contributed by atoms with E-state index in [-0.39, 0.29) is 23.8 Å². The lowest BCUT2D eigenvalue weighted by Crippen LogP contribution is -2.60. The third-order valence-corrected chi connectivity index (χ3v) is 5.39. The first-order chi connectivity index (χ1) is 11.9. The SMILES string of the molecule is CO[C@@H]1CN(C(=O)C2(NC(C)=O)CCCCC2)C[C@H]1c1cn(C)nn1. The van der Waals surface area contributed by atoms with E-state index in [1.54, 1.807) is 11.8 Å². The number of carbonyl (C=O) groups excluding carboxylic acids is 2. The van der Waals surface area contributed by atoms with Gasteiger partial charge in [-0.1, -0.05) is 24.5 Å². The molecule has 1 N–H and O–H groups in total. The zero-order valence-electron chi connectivity index (χ0n) is 15.2. The lowest BCUT2D eigenvalue weighted by atomic mass is 9.80. The van der Waals surface area contributed by atoms with E-state index in [2.05, 4.69) is 15.6 Å². The molecule has 25 heavy (non-hydrogen) atoms. The van der Waals surface area contributed by atoms with Crippen molar-refractivity contribution < 1.29 is 14.3 Å². The van der Waals surface area contributed by atoms with Crippen LogP contribution in [0.5, 0.6) is 0 Å². The Hall–Kier alpha value is -1.96. The second-order valence-electron chi connectivity index (χ2n) is 7.23. The average Bonchev–Trinajstić information content (AvgIpc) is 3.20. The van der Waals surface area contributed by atoms with Gasteiger partial charge in [0.15, 0.2) is 0 Å². The summed E-state index contributed by atoms with van der Waals surface area (Å²) < 4.78 is 7.27. The van der Waals surface area contributed by atoms with Gasteiger partial charge in [-0.05, 0) is 12.8 Å². The van der Waals surface area contributed by atoms with E-state index in [1.807, 2.05) is 18.1 Å². The van der Waals surface area contributed by atoms with Gasteiger partial charge in [0.2, 0.25) is 11.8 Å². The number of aromatic nitrogens is 3. The number of nitrogens with one attached hydrogen (secondary N) is 1. The number of methoxy groups -OCH3 is 1. The molecule has 8 heteroatoms. The van der Waals surface area contributed by atoms with Crippen molar-refractivity contribution in [1.82, 2.24) is 25.2 Å². The van der Waals surface area contributed by atoms with E-state index in [0.29, 0.717) is 25.9 Å². The maximum atomic E-state index is 13.3. The number of ether oxygens (including phenoxy) is 1. The quantitative estimate of drug-likeness (QED) is 0.860. The van der Waals surface area contributed by atoms with Crippen molar-refractivity contribution in [2.75, 3.05) is 20.2 Å². The van der Waals surface area contributed by atoms with E-state index in [0.717, 1.165) is 25.0 Å². The molecule has 2 fully saturated rings. The number of amides is 2. The van der Waals surface area contributed by atoms with Crippen molar-refractivity contribution >= 4 is 11.8 Å². The second kappa shape index (κ2) is 7.11. The lowest BCUT2D eigenvalue weighted by Gasteiger charge is -2.39. The van der Waals surface area contributed by atoms with Gasteiger partial charge in [0.1, 0.15) is 5.54 Å². The summed E-state index contributed by atoms with van der Waals surface area (Å²) >= 11 is 0. The molecule has 2 amide bonds. The molecule has 1 aromatic rings. The minimum Gasteiger partial charge on any atom is -0.379 e. The van der Waals surface area contributed by atoms with Crippen LogP contribution in [0.15, 0.2) is 6.20 Å². The Balaban J connectivity index is 1.80. The molecule has 1 aliphatic carbocycles. The predicted molar refractivity (Wildman–Crippen MR) is 90.8 cm³/mol. The van der Waals surface area contributed by atoms with Crippen molar-refractivity contribution in [2.24, 2.45) is 7.05 Å². The molecular formula is C17H27N5O3. The van der Waals surface area contributed by atoms with Crippen LogP contribution in [0.2, 0.25) is 0 Å². The van der Waals surface area contributed by atoms with Crippen molar-refractivity contribution in [3.8, 4) is 0 Å². The first-order valence-corrected chi connectivity index (χ1v) is 8.92. The molecule has 0 radical (unpaired) electrons. The van der Waals surface area contributed by atoms with E-state index >= 15 is 0 Å². The van der Waals surface area contributed by atoms with Gasteiger partial charge in [-0.25, -0.2) is 0 Å². The van der Waals surface area contributed by atoms with Crippen LogP contribution < -0.4 is 5.32 Å². The van der Waals surface area contributed by atoms with Crippen LogP contribution in [-0.4, -0.2) is 63.6 Å². The van der Waals surface area contributed by atoms with Crippen LogP contribution in [0, 0.1) is 0 Å². The highest BCUT2D eigenvalue weighted by molar-refractivity contribution is 5.91. The molecule has 1 aliphatic heterocycles. The van der Waals surface area contributed by atoms with Crippen LogP contribution >= 0.6 is 0 Å². The summed E-state index contributed by atoms with van der Waals surface area (Å²) in [5.41, 5.74) is 0.0708. The van der Waals surface area contributed by atoms with Crippen LogP contribution in [-0.2, 0) is 21.4 Å². The van der Waals surface area contributed by atoms with Gasteiger partial charge < -0.3 is 15.0 Å². The van der Waals surface area contributed by atoms with E-state index in [4.69, 9.17) is 4.74 Å². The van der Waals surface area contributed by atoms with Gasteiger partial charge in [-0.2, -0.15) is 0 Å². The minimum absolute atomic E-state index is 0.000573. The molecule has 8 nitrogen and oxygen atoms in total. The highest BCUT2D eigenvalue weighted by Gasteiger charge is 2.47. The smallest absolute Gasteiger partial charge is 0.248 e.